The number of rotatable bonds is 9. The van der Waals surface area contributed by atoms with Crippen molar-refractivity contribution in [1.82, 2.24) is 0 Å². The van der Waals surface area contributed by atoms with E-state index in [1.165, 1.54) is 21.3 Å². The van der Waals surface area contributed by atoms with E-state index in [1.54, 1.807) is 36.4 Å². The van der Waals surface area contributed by atoms with E-state index in [0.29, 0.717) is 28.4 Å². The molecule has 0 spiro atoms. The van der Waals surface area contributed by atoms with Crippen LogP contribution < -0.4 is 14.2 Å². The molecule has 0 heterocycles. The zero-order chi connectivity index (χ0) is 21.8. The van der Waals surface area contributed by atoms with Gasteiger partial charge in [0.2, 0.25) is 5.75 Å². The first-order valence-electron chi connectivity index (χ1n) is 8.63. The molecule has 0 aliphatic rings. The van der Waals surface area contributed by atoms with Crippen molar-refractivity contribution < 1.29 is 38.8 Å². The third-order valence-electron chi connectivity index (χ3n) is 3.74. The van der Waals surface area contributed by atoms with Crippen molar-refractivity contribution in [2.45, 2.75) is 19.3 Å². The Morgan fingerprint density at radius 2 is 1.34 bits per heavy atom. The van der Waals surface area contributed by atoms with Crippen LogP contribution in [0.25, 0.3) is 0 Å². The molecule has 0 bridgehead atoms. The number of ether oxygens (including phenoxy) is 3. The second-order valence-electron chi connectivity index (χ2n) is 5.79. The van der Waals surface area contributed by atoms with E-state index < -0.39 is 11.9 Å². The molecule has 8 nitrogen and oxygen atoms in total. The first-order chi connectivity index (χ1) is 13.8. The second kappa shape index (κ2) is 12.0. The Balaban J connectivity index is 0.000000296. The van der Waals surface area contributed by atoms with Crippen molar-refractivity contribution in [2.75, 3.05) is 21.3 Å². The van der Waals surface area contributed by atoms with E-state index in [0.717, 1.165) is 0 Å². The molecule has 2 rings (SSSR count). The monoisotopic (exact) mass is 404 g/mol. The molecule has 156 valence electrons. The van der Waals surface area contributed by atoms with E-state index in [-0.39, 0.29) is 25.0 Å². The van der Waals surface area contributed by atoms with Gasteiger partial charge in [0.1, 0.15) is 0 Å². The molecule has 0 aromatic heterocycles. The lowest BCUT2D eigenvalue weighted by atomic mass is 10.1. The van der Waals surface area contributed by atoms with Crippen molar-refractivity contribution in [1.29, 1.82) is 0 Å². The number of ketones is 1. The molecule has 2 N–H and O–H groups in total. The Morgan fingerprint density at radius 3 is 1.76 bits per heavy atom. The Bertz CT molecular complexity index is 805. The number of hydrogen-bond donors (Lipinski definition) is 2. The Labute approximate surface area is 168 Å². The number of Topliss-reactive ketones (excluding diaryl/α,β-unsaturated/α-hetero) is 1. The van der Waals surface area contributed by atoms with E-state index in [1.807, 2.05) is 6.07 Å². The highest BCUT2D eigenvalue weighted by Crippen LogP contribution is 2.38. The van der Waals surface area contributed by atoms with Crippen LogP contribution in [0.3, 0.4) is 0 Å². The molecule has 29 heavy (non-hydrogen) atoms. The predicted molar refractivity (Wildman–Crippen MR) is 105 cm³/mol. The summed E-state index contributed by atoms with van der Waals surface area (Å²) in [5, 5.41) is 17.1. The molecule has 2 aromatic rings. The molecule has 0 amide bonds. The standard InChI is InChI=1S/C11H14O5.C10H10O3/c1-14-8-4-7(6-10(12)13)5-9(15-2)11(8)16-3;11-9(6-7-10(12)13)8-4-2-1-3-5-8/h4-5H,6H2,1-3H3,(H,12,13);1-5H,6-7H2,(H,12,13). The summed E-state index contributed by atoms with van der Waals surface area (Å²) in [6.45, 7) is 0. The normalized spacial score (nSPS) is 9.62. The van der Waals surface area contributed by atoms with Crippen LogP contribution in [-0.2, 0) is 16.0 Å². The summed E-state index contributed by atoms with van der Waals surface area (Å²) in [5.41, 5.74) is 1.17. The zero-order valence-electron chi connectivity index (χ0n) is 16.5. The van der Waals surface area contributed by atoms with E-state index >= 15 is 0 Å². The molecule has 0 radical (unpaired) electrons. The van der Waals surface area contributed by atoms with Crippen LogP contribution in [0.15, 0.2) is 42.5 Å². The maximum atomic E-state index is 11.3. The van der Waals surface area contributed by atoms with E-state index in [4.69, 9.17) is 24.4 Å². The fourth-order valence-corrected chi connectivity index (χ4v) is 2.40. The Morgan fingerprint density at radius 1 is 0.793 bits per heavy atom. The van der Waals surface area contributed by atoms with Gasteiger partial charge in [-0.1, -0.05) is 30.3 Å². The van der Waals surface area contributed by atoms with Crippen molar-refractivity contribution >= 4 is 17.7 Å². The highest BCUT2D eigenvalue weighted by Gasteiger charge is 2.14. The molecule has 0 atom stereocenters. The van der Waals surface area contributed by atoms with Crippen molar-refractivity contribution in [3.63, 3.8) is 0 Å². The Hall–Kier alpha value is -3.55. The smallest absolute Gasteiger partial charge is 0.307 e. The summed E-state index contributed by atoms with van der Waals surface area (Å²) in [4.78, 5) is 32.1. The molecule has 0 unspecified atom stereocenters. The van der Waals surface area contributed by atoms with Gasteiger partial charge in [0.15, 0.2) is 17.3 Å². The number of carboxylic acids is 2. The van der Waals surface area contributed by atoms with Gasteiger partial charge in [0.05, 0.1) is 34.2 Å². The van der Waals surface area contributed by atoms with Gasteiger partial charge in [-0.15, -0.1) is 0 Å². The summed E-state index contributed by atoms with van der Waals surface area (Å²) in [6.07, 6.45) is -0.121. The van der Waals surface area contributed by atoms with Gasteiger partial charge in [-0.3, -0.25) is 14.4 Å². The van der Waals surface area contributed by atoms with Crippen molar-refractivity contribution in [3.05, 3.63) is 53.6 Å². The molecule has 0 fully saturated rings. The number of carboxylic acid groups (broad SMARTS) is 2. The van der Waals surface area contributed by atoms with Gasteiger partial charge >= 0.3 is 11.9 Å². The molecular formula is C21H24O8. The van der Waals surface area contributed by atoms with Gasteiger partial charge in [-0.2, -0.15) is 0 Å². The average molecular weight is 404 g/mol. The van der Waals surface area contributed by atoms with Crippen LogP contribution in [0, 0.1) is 0 Å². The first-order valence-corrected chi connectivity index (χ1v) is 8.63. The van der Waals surface area contributed by atoms with Crippen LogP contribution >= 0.6 is 0 Å². The Kier molecular flexibility index (Phi) is 9.73. The second-order valence-corrected chi connectivity index (χ2v) is 5.79. The van der Waals surface area contributed by atoms with Crippen LogP contribution in [0.5, 0.6) is 17.2 Å². The van der Waals surface area contributed by atoms with E-state index in [9.17, 15) is 14.4 Å². The van der Waals surface area contributed by atoms with Crippen LogP contribution in [0.4, 0.5) is 0 Å². The molecule has 0 aliphatic carbocycles. The maximum absolute atomic E-state index is 11.3. The van der Waals surface area contributed by atoms with E-state index in [2.05, 4.69) is 0 Å². The maximum Gasteiger partial charge on any atom is 0.307 e. The summed E-state index contributed by atoms with van der Waals surface area (Å²) >= 11 is 0. The first kappa shape index (κ1) is 23.5. The third kappa shape index (κ3) is 7.92. The van der Waals surface area contributed by atoms with Gasteiger partial charge in [0.25, 0.3) is 0 Å². The SMILES string of the molecule is COc1cc(CC(=O)O)cc(OC)c1OC.O=C(O)CCC(=O)c1ccccc1. The molecule has 0 aliphatic heterocycles. The van der Waals surface area contributed by atoms with Gasteiger partial charge in [-0.05, 0) is 17.7 Å². The number of hydrogen-bond acceptors (Lipinski definition) is 6. The number of carbonyl (C=O) groups excluding carboxylic acids is 1. The number of carbonyl (C=O) groups is 3. The van der Waals surface area contributed by atoms with Gasteiger partial charge in [-0.25, -0.2) is 0 Å². The molecule has 0 saturated heterocycles. The van der Waals surface area contributed by atoms with Crippen LogP contribution in [0.1, 0.15) is 28.8 Å². The lowest BCUT2D eigenvalue weighted by molar-refractivity contribution is -0.137. The molecule has 2 aromatic carbocycles. The number of methoxy groups -OCH3 is 3. The number of aliphatic carboxylic acids is 2. The third-order valence-corrected chi connectivity index (χ3v) is 3.74. The fourth-order valence-electron chi connectivity index (χ4n) is 2.40. The van der Waals surface area contributed by atoms with Gasteiger partial charge < -0.3 is 24.4 Å². The largest absolute Gasteiger partial charge is 0.493 e. The minimum absolute atomic E-state index is 0.0688. The lowest BCUT2D eigenvalue weighted by Gasteiger charge is -2.13. The summed E-state index contributed by atoms with van der Waals surface area (Å²) in [7, 11) is 4.47. The average Bonchev–Trinajstić information content (AvgIpc) is 2.71. The molecule has 0 saturated carbocycles. The molecule has 8 heteroatoms. The van der Waals surface area contributed by atoms with Crippen molar-refractivity contribution in [3.8, 4) is 17.2 Å². The van der Waals surface area contributed by atoms with Gasteiger partial charge in [0, 0.05) is 12.0 Å². The summed E-state index contributed by atoms with van der Waals surface area (Å²) < 4.78 is 15.3. The minimum Gasteiger partial charge on any atom is -0.493 e. The fraction of sp³-hybridized carbons (Fsp3) is 0.286. The van der Waals surface area contributed by atoms with Crippen LogP contribution in [0.2, 0.25) is 0 Å². The quantitative estimate of drug-likeness (QED) is 0.612. The highest BCUT2D eigenvalue weighted by atomic mass is 16.5. The summed E-state index contributed by atoms with van der Waals surface area (Å²) in [5.74, 6) is -0.600. The topological polar surface area (TPSA) is 119 Å². The lowest BCUT2D eigenvalue weighted by Crippen LogP contribution is -2.03. The zero-order valence-corrected chi connectivity index (χ0v) is 16.5. The summed E-state index contributed by atoms with van der Waals surface area (Å²) in [6, 6.07) is 11.9. The minimum atomic E-state index is -0.940. The van der Waals surface area contributed by atoms with Crippen molar-refractivity contribution in [2.24, 2.45) is 0 Å². The highest BCUT2D eigenvalue weighted by molar-refractivity contribution is 5.97. The number of benzene rings is 2. The molecular weight excluding hydrogens is 380 g/mol. The van der Waals surface area contributed by atoms with Crippen LogP contribution in [-0.4, -0.2) is 49.3 Å². The predicted octanol–water partition coefficient (Wildman–Crippen LogP) is 3.07.